The van der Waals surface area contributed by atoms with Gasteiger partial charge in [-0.15, -0.1) is 0 Å². The summed E-state index contributed by atoms with van der Waals surface area (Å²) in [5, 5.41) is 4.58. The number of carbonyl (C=O) groups is 2. The largest absolute Gasteiger partial charge is 0.322 e. The van der Waals surface area contributed by atoms with Crippen LogP contribution in [0.25, 0.3) is 10.9 Å². The second-order valence-corrected chi connectivity index (χ2v) is 6.30. The fraction of sp³-hybridized carbons (Fsp3) is 0.111. The second-order valence-electron chi connectivity index (χ2n) is 5.46. The maximum absolute atomic E-state index is 12.7. The molecule has 0 saturated carbocycles. The number of aromatic nitrogens is 1. The first kappa shape index (κ1) is 16.6. The SMILES string of the molecule is CC(=O)n1cc(C(=O)Nc2cccc(Cl)c2C)c2ccc(Cl)cc21. The molecule has 0 spiro atoms. The van der Waals surface area contributed by atoms with Crippen molar-refractivity contribution in [2.45, 2.75) is 13.8 Å². The van der Waals surface area contributed by atoms with Gasteiger partial charge in [0.05, 0.1) is 11.1 Å². The van der Waals surface area contributed by atoms with Gasteiger partial charge >= 0.3 is 0 Å². The zero-order valence-electron chi connectivity index (χ0n) is 13.1. The average molecular weight is 361 g/mol. The molecule has 1 heterocycles. The van der Waals surface area contributed by atoms with Gasteiger partial charge in [0, 0.05) is 34.2 Å². The third-order valence-electron chi connectivity index (χ3n) is 3.87. The minimum absolute atomic E-state index is 0.194. The first-order chi connectivity index (χ1) is 11.4. The van der Waals surface area contributed by atoms with Gasteiger partial charge in [-0.3, -0.25) is 14.2 Å². The summed E-state index contributed by atoms with van der Waals surface area (Å²) in [7, 11) is 0. The number of hydrogen-bond donors (Lipinski definition) is 1. The van der Waals surface area contributed by atoms with Crippen LogP contribution >= 0.6 is 23.2 Å². The Hall–Kier alpha value is -2.30. The van der Waals surface area contributed by atoms with Crippen LogP contribution in [0, 0.1) is 6.92 Å². The highest BCUT2D eigenvalue weighted by atomic mass is 35.5. The number of rotatable bonds is 2. The van der Waals surface area contributed by atoms with Crippen LogP contribution < -0.4 is 5.32 Å². The predicted octanol–water partition coefficient (Wildman–Crippen LogP) is 5.17. The van der Waals surface area contributed by atoms with E-state index in [0.29, 0.717) is 32.2 Å². The molecule has 0 fully saturated rings. The Morgan fingerprint density at radius 3 is 2.58 bits per heavy atom. The second kappa shape index (κ2) is 6.30. The summed E-state index contributed by atoms with van der Waals surface area (Å²) < 4.78 is 1.42. The number of nitrogens with zero attached hydrogens (tertiary/aromatic N) is 1. The van der Waals surface area contributed by atoms with Crippen molar-refractivity contribution in [2.75, 3.05) is 5.32 Å². The molecule has 0 aliphatic heterocycles. The Kier molecular flexibility index (Phi) is 4.35. The Morgan fingerprint density at radius 2 is 1.88 bits per heavy atom. The Labute approximate surface area is 149 Å². The number of nitrogens with one attached hydrogen (secondary N) is 1. The van der Waals surface area contributed by atoms with Crippen LogP contribution in [0.4, 0.5) is 5.69 Å². The van der Waals surface area contributed by atoms with Crippen molar-refractivity contribution in [2.24, 2.45) is 0 Å². The monoisotopic (exact) mass is 360 g/mol. The van der Waals surface area contributed by atoms with Gasteiger partial charge in [-0.2, -0.15) is 0 Å². The molecule has 2 aromatic carbocycles. The van der Waals surface area contributed by atoms with Crippen LogP contribution in [-0.4, -0.2) is 16.4 Å². The number of amides is 1. The Morgan fingerprint density at radius 1 is 1.12 bits per heavy atom. The van der Waals surface area contributed by atoms with Crippen molar-refractivity contribution < 1.29 is 9.59 Å². The summed E-state index contributed by atoms with van der Waals surface area (Å²) in [6.45, 7) is 3.26. The molecule has 0 aliphatic carbocycles. The molecule has 4 nitrogen and oxygen atoms in total. The van der Waals surface area contributed by atoms with E-state index in [9.17, 15) is 9.59 Å². The van der Waals surface area contributed by atoms with Crippen LogP contribution in [0.5, 0.6) is 0 Å². The molecule has 6 heteroatoms. The van der Waals surface area contributed by atoms with Gasteiger partial charge in [0.15, 0.2) is 0 Å². The van der Waals surface area contributed by atoms with E-state index < -0.39 is 0 Å². The van der Waals surface area contributed by atoms with Gasteiger partial charge in [-0.25, -0.2) is 0 Å². The smallest absolute Gasteiger partial charge is 0.257 e. The van der Waals surface area contributed by atoms with Gasteiger partial charge in [0.25, 0.3) is 5.91 Å². The van der Waals surface area contributed by atoms with Crippen LogP contribution in [-0.2, 0) is 0 Å². The quantitative estimate of drug-likeness (QED) is 0.685. The number of fused-ring (bicyclic) bond motifs is 1. The summed E-state index contributed by atoms with van der Waals surface area (Å²) in [5.41, 5.74) is 2.41. The molecule has 0 bridgehead atoms. The lowest BCUT2D eigenvalue weighted by atomic mass is 10.1. The van der Waals surface area contributed by atoms with E-state index in [2.05, 4.69) is 5.32 Å². The summed E-state index contributed by atoms with van der Waals surface area (Å²) in [5.74, 6) is -0.507. The average Bonchev–Trinajstić information content (AvgIpc) is 2.90. The number of anilines is 1. The summed E-state index contributed by atoms with van der Waals surface area (Å²) in [6.07, 6.45) is 1.53. The van der Waals surface area contributed by atoms with E-state index in [-0.39, 0.29) is 11.8 Å². The van der Waals surface area contributed by atoms with Gasteiger partial charge in [0.2, 0.25) is 5.91 Å². The van der Waals surface area contributed by atoms with Crippen LogP contribution in [0.15, 0.2) is 42.6 Å². The van der Waals surface area contributed by atoms with Crippen molar-refractivity contribution >= 4 is 51.6 Å². The summed E-state index contributed by atoms with van der Waals surface area (Å²) in [6, 6.07) is 10.4. The molecule has 1 N–H and O–H groups in total. The molecular weight excluding hydrogens is 347 g/mol. The summed E-state index contributed by atoms with van der Waals surface area (Å²) >= 11 is 12.1. The number of carbonyl (C=O) groups excluding carboxylic acids is 2. The fourth-order valence-electron chi connectivity index (χ4n) is 2.57. The van der Waals surface area contributed by atoms with Crippen molar-refractivity contribution in [3.63, 3.8) is 0 Å². The van der Waals surface area contributed by atoms with E-state index in [1.807, 2.05) is 6.92 Å². The van der Waals surface area contributed by atoms with E-state index >= 15 is 0 Å². The van der Waals surface area contributed by atoms with Gasteiger partial charge in [-0.1, -0.05) is 35.3 Å². The van der Waals surface area contributed by atoms with E-state index in [1.54, 1.807) is 36.4 Å². The Balaban J connectivity index is 2.07. The Bertz CT molecular complexity index is 977. The predicted molar refractivity (Wildman–Crippen MR) is 97.4 cm³/mol. The van der Waals surface area contributed by atoms with Crippen LogP contribution in [0.3, 0.4) is 0 Å². The van der Waals surface area contributed by atoms with Crippen molar-refractivity contribution in [3.05, 3.63) is 63.8 Å². The third-order valence-corrected chi connectivity index (χ3v) is 4.51. The lowest BCUT2D eigenvalue weighted by Crippen LogP contribution is -2.13. The minimum Gasteiger partial charge on any atom is -0.322 e. The molecule has 3 aromatic rings. The first-order valence-corrected chi connectivity index (χ1v) is 8.02. The topological polar surface area (TPSA) is 51.1 Å². The highest BCUT2D eigenvalue weighted by Crippen LogP contribution is 2.27. The molecule has 0 saturated heterocycles. The maximum Gasteiger partial charge on any atom is 0.257 e. The van der Waals surface area contributed by atoms with Crippen LogP contribution in [0.1, 0.15) is 27.6 Å². The highest BCUT2D eigenvalue weighted by molar-refractivity contribution is 6.32. The van der Waals surface area contributed by atoms with E-state index in [1.165, 1.54) is 17.7 Å². The zero-order valence-corrected chi connectivity index (χ0v) is 14.6. The molecule has 0 radical (unpaired) electrons. The molecule has 1 aromatic heterocycles. The minimum atomic E-state index is -0.312. The molecule has 0 atom stereocenters. The van der Waals surface area contributed by atoms with Crippen molar-refractivity contribution in [3.8, 4) is 0 Å². The molecule has 0 aliphatic rings. The van der Waals surface area contributed by atoms with Gasteiger partial charge in [-0.05, 0) is 36.8 Å². The molecule has 0 unspecified atom stereocenters. The standard InChI is InChI=1S/C18H14Cl2N2O2/c1-10-15(20)4-3-5-16(10)21-18(24)14-9-22(11(2)23)17-8-12(19)6-7-13(14)17/h3-9H,1-2H3,(H,21,24). The van der Waals surface area contributed by atoms with E-state index in [4.69, 9.17) is 23.2 Å². The molecular formula is C18H14Cl2N2O2. The van der Waals surface area contributed by atoms with Crippen molar-refractivity contribution in [1.82, 2.24) is 4.57 Å². The molecule has 122 valence electrons. The molecule has 3 rings (SSSR count). The number of benzene rings is 2. The fourth-order valence-corrected chi connectivity index (χ4v) is 2.91. The maximum atomic E-state index is 12.7. The number of hydrogen-bond acceptors (Lipinski definition) is 2. The molecule has 24 heavy (non-hydrogen) atoms. The first-order valence-electron chi connectivity index (χ1n) is 7.26. The lowest BCUT2D eigenvalue weighted by molar-refractivity contribution is 0.0941. The number of halogens is 2. The van der Waals surface area contributed by atoms with Crippen LogP contribution in [0.2, 0.25) is 10.0 Å². The van der Waals surface area contributed by atoms with E-state index in [0.717, 1.165) is 5.56 Å². The molecule has 1 amide bonds. The normalized spacial score (nSPS) is 10.8. The lowest BCUT2D eigenvalue weighted by Gasteiger charge is -2.09. The zero-order chi connectivity index (χ0) is 17.4. The highest BCUT2D eigenvalue weighted by Gasteiger charge is 2.18. The van der Waals surface area contributed by atoms with Gasteiger partial charge in [0.1, 0.15) is 0 Å². The third kappa shape index (κ3) is 2.90. The van der Waals surface area contributed by atoms with Crippen molar-refractivity contribution in [1.29, 1.82) is 0 Å². The van der Waals surface area contributed by atoms with Gasteiger partial charge < -0.3 is 5.32 Å². The summed E-state index contributed by atoms with van der Waals surface area (Å²) in [4.78, 5) is 24.5.